The van der Waals surface area contributed by atoms with Gasteiger partial charge in [0.25, 0.3) is 0 Å². The molecule has 0 unspecified atom stereocenters. The molecule has 0 N–H and O–H groups in total. The summed E-state index contributed by atoms with van der Waals surface area (Å²) in [4.78, 5) is 14.5. The Bertz CT molecular complexity index is 498. The third kappa shape index (κ3) is 1.61. The van der Waals surface area contributed by atoms with Crippen LogP contribution >= 0.6 is 11.6 Å². The standard InChI is InChI=1S/C9H5ClFN3O/c10-9-6(3-15)8(2-1-7(9)11)14-5-12-4-13-14/h1-5H. The maximum atomic E-state index is 13.1. The van der Waals surface area contributed by atoms with Crippen LogP contribution in [0.3, 0.4) is 0 Å². The number of benzene rings is 1. The number of carbonyl (C=O) groups is 1. The van der Waals surface area contributed by atoms with Gasteiger partial charge in [0.1, 0.15) is 18.5 Å². The number of aromatic nitrogens is 3. The van der Waals surface area contributed by atoms with Crippen molar-refractivity contribution in [1.82, 2.24) is 14.8 Å². The van der Waals surface area contributed by atoms with Gasteiger partial charge in [-0.1, -0.05) is 11.6 Å². The smallest absolute Gasteiger partial charge is 0.153 e. The zero-order valence-corrected chi connectivity index (χ0v) is 8.15. The first kappa shape index (κ1) is 9.79. The van der Waals surface area contributed by atoms with Crippen LogP contribution < -0.4 is 0 Å². The van der Waals surface area contributed by atoms with Crippen molar-refractivity contribution in [1.29, 1.82) is 0 Å². The second-order valence-corrected chi connectivity index (χ2v) is 3.13. The minimum absolute atomic E-state index is 0.0576. The van der Waals surface area contributed by atoms with E-state index in [4.69, 9.17) is 11.6 Å². The Morgan fingerprint density at radius 3 is 2.87 bits per heavy atom. The molecule has 2 aromatic rings. The monoisotopic (exact) mass is 225 g/mol. The molecule has 1 heterocycles. The maximum absolute atomic E-state index is 13.1. The molecule has 0 bridgehead atoms. The predicted octanol–water partition coefficient (Wildman–Crippen LogP) is 1.87. The van der Waals surface area contributed by atoms with Gasteiger partial charge in [0, 0.05) is 0 Å². The fourth-order valence-corrected chi connectivity index (χ4v) is 1.40. The summed E-state index contributed by atoms with van der Waals surface area (Å²) in [7, 11) is 0. The predicted molar refractivity (Wildman–Crippen MR) is 51.7 cm³/mol. The number of hydrogen-bond donors (Lipinski definition) is 0. The van der Waals surface area contributed by atoms with Gasteiger partial charge in [0.05, 0.1) is 16.3 Å². The summed E-state index contributed by atoms with van der Waals surface area (Å²) in [5.41, 5.74) is 0.455. The molecular formula is C9H5ClFN3O. The molecule has 0 atom stereocenters. The molecule has 0 aliphatic carbocycles. The lowest BCUT2D eigenvalue weighted by atomic mass is 10.2. The molecule has 0 radical (unpaired) electrons. The molecule has 2 rings (SSSR count). The van der Waals surface area contributed by atoms with Crippen LogP contribution in [0.25, 0.3) is 5.69 Å². The average Bonchev–Trinajstić information content (AvgIpc) is 2.75. The zero-order chi connectivity index (χ0) is 10.8. The number of hydrogen-bond acceptors (Lipinski definition) is 3. The Kier molecular flexibility index (Phi) is 2.47. The highest BCUT2D eigenvalue weighted by Crippen LogP contribution is 2.23. The van der Waals surface area contributed by atoms with Crippen LogP contribution in [-0.4, -0.2) is 21.1 Å². The molecule has 0 fully saturated rings. The van der Waals surface area contributed by atoms with E-state index in [1.165, 1.54) is 29.5 Å². The van der Waals surface area contributed by atoms with E-state index >= 15 is 0 Å². The van der Waals surface area contributed by atoms with Crippen LogP contribution in [0.5, 0.6) is 0 Å². The lowest BCUT2D eigenvalue weighted by Crippen LogP contribution is -2.01. The number of halogens is 2. The first-order valence-electron chi connectivity index (χ1n) is 4.02. The molecule has 0 spiro atoms. The molecule has 0 amide bonds. The van der Waals surface area contributed by atoms with Crippen LogP contribution in [0.1, 0.15) is 10.4 Å². The minimum atomic E-state index is -0.636. The van der Waals surface area contributed by atoms with Gasteiger partial charge in [0.2, 0.25) is 0 Å². The van der Waals surface area contributed by atoms with Gasteiger partial charge in [-0.2, -0.15) is 5.10 Å². The molecule has 0 saturated heterocycles. The van der Waals surface area contributed by atoms with E-state index in [-0.39, 0.29) is 10.6 Å². The zero-order valence-electron chi connectivity index (χ0n) is 7.39. The maximum Gasteiger partial charge on any atom is 0.153 e. The Hall–Kier alpha value is -1.75. The Balaban J connectivity index is 2.68. The SMILES string of the molecule is O=Cc1c(-n2cncn2)ccc(F)c1Cl. The minimum Gasteiger partial charge on any atom is -0.298 e. The van der Waals surface area contributed by atoms with Crippen molar-refractivity contribution in [2.75, 3.05) is 0 Å². The lowest BCUT2D eigenvalue weighted by molar-refractivity contribution is 0.112. The normalized spacial score (nSPS) is 10.3. The van der Waals surface area contributed by atoms with Crippen molar-refractivity contribution in [3.63, 3.8) is 0 Å². The van der Waals surface area contributed by atoms with Gasteiger partial charge >= 0.3 is 0 Å². The molecule has 15 heavy (non-hydrogen) atoms. The van der Waals surface area contributed by atoms with E-state index in [1.54, 1.807) is 0 Å². The highest BCUT2D eigenvalue weighted by molar-refractivity contribution is 6.33. The number of aldehydes is 1. The largest absolute Gasteiger partial charge is 0.298 e. The quantitative estimate of drug-likeness (QED) is 0.733. The second kappa shape index (κ2) is 3.78. The third-order valence-corrected chi connectivity index (χ3v) is 2.28. The molecule has 1 aromatic heterocycles. The van der Waals surface area contributed by atoms with Crippen LogP contribution in [0.2, 0.25) is 5.02 Å². The Morgan fingerprint density at radius 1 is 1.47 bits per heavy atom. The van der Waals surface area contributed by atoms with E-state index < -0.39 is 5.82 Å². The third-order valence-electron chi connectivity index (χ3n) is 1.89. The van der Waals surface area contributed by atoms with Crippen LogP contribution in [-0.2, 0) is 0 Å². The number of rotatable bonds is 2. The average molecular weight is 226 g/mol. The van der Waals surface area contributed by atoms with Gasteiger partial charge in [0.15, 0.2) is 6.29 Å². The Labute approximate surface area is 89.3 Å². The summed E-state index contributed by atoms with van der Waals surface area (Å²) >= 11 is 5.65. The summed E-state index contributed by atoms with van der Waals surface area (Å²) in [5.74, 6) is -0.636. The lowest BCUT2D eigenvalue weighted by Gasteiger charge is -2.05. The number of carbonyl (C=O) groups excluding carboxylic acids is 1. The van der Waals surface area contributed by atoms with Gasteiger partial charge in [-0.05, 0) is 12.1 Å². The van der Waals surface area contributed by atoms with E-state index in [0.29, 0.717) is 12.0 Å². The van der Waals surface area contributed by atoms with Crippen molar-refractivity contribution in [3.05, 3.63) is 41.2 Å². The molecular weight excluding hydrogens is 221 g/mol. The fourth-order valence-electron chi connectivity index (χ4n) is 1.20. The first-order chi connectivity index (χ1) is 7.24. The molecule has 0 aliphatic rings. The van der Waals surface area contributed by atoms with Gasteiger partial charge < -0.3 is 0 Å². The van der Waals surface area contributed by atoms with Crippen LogP contribution in [0.15, 0.2) is 24.8 Å². The molecule has 76 valence electrons. The molecule has 0 aliphatic heterocycles. The van der Waals surface area contributed by atoms with Gasteiger partial charge in [-0.3, -0.25) is 4.79 Å². The van der Waals surface area contributed by atoms with Crippen molar-refractivity contribution in [2.24, 2.45) is 0 Å². The summed E-state index contributed by atoms with van der Waals surface area (Å²) < 4.78 is 14.4. The van der Waals surface area contributed by atoms with Crippen molar-refractivity contribution >= 4 is 17.9 Å². The second-order valence-electron chi connectivity index (χ2n) is 2.75. The highest BCUT2D eigenvalue weighted by atomic mass is 35.5. The van der Waals surface area contributed by atoms with Crippen LogP contribution in [0, 0.1) is 5.82 Å². The van der Waals surface area contributed by atoms with E-state index in [9.17, 15) is 9.18 Å². The summed E-state index contributed by atoms with van der Waals surface area (Å²) in [6, 6.07) is 2.59. The summed E-state index contributed by atoms with van der Waals surface area (Å²) in [5, 5.41) is 3.62. The number of nitrogens with zero attached hydrogens (tertiary/aromatic N) is 3. The topological polar surface area (TPSA) is 47.8 Å². The Morgan fingerprint density at radius 2 is 2.27 bits per heavy atom. The molecule has 1 aromatic carbocycles. The van der Waals surface area contributed by atoms with Crippen LogP contribution in [0.4, 0.5) is 4.39 Å². The highest BCUT2D eigenvalue weighted by Gasteiger charge is 2.12. The van der Waals surface area contributed by atoms with E-state index in [2.05, 4.69) is 10.1 Å². The van der Waals surface area contributed by atoms with Gasteiger partial charge in [-0.15, -0.1) is 0 Å². The fraction of sp³-hybridized carbons (Fsp3) is 0. The molecule has 0 saturated carbocycles. The van der Waals surface area contributed by atoms with Crippen molar-refractivity contribution < 1.29 is 9.18 Å². The van der Waals surface area contributed by atoms with E-state index in [1.807, 2.05) is 0 Å². The van der Waals surface area contributed by atoms with Gasteiger partial charge in [-0.25, -0.2) is 14.1 Å². The van der Waals surface area contributed by atoms with E-state index in [0.717, 1.165) is 0 Å². The summed E-state index contributed by atoms with van der Waals surface area (Å²) in [6.45, 7) is 0. The van der Waals surface area contributed by atoms with Crippen molar-refractivity contribution in [3.8, 4) is 5.69 Å². The molecule has 6 heteroatoms. The first-order valence-corrected chi connectivity index (χ1v) is 4.40. The summed E-state index contributed by atoms with van der Waals surface area (Å²) in [6.07, 6.45) is 3.20. The molecule has 4 nitrogen and oxygen atoms in total. The van der Waals surface area contributed by atoms with Crippen molar-refractivity contribution in [2.45, 2.75) is 0 Å².